The quantitative estimate of drug-likeness (QED) is 0.736. The minimum Gasteiger partial charge on any atom is -0.506 e. The van der Waals surface area contributed by atoms with Crippen molar-refractivity contribution in [3.05, 3.63) is 50.9 Å². The molecule has 0 fully saturated rings. The molecule has 0 aliphatic rings. The first-order valence-corrected chi connectivity index (χ1v) is 8.64. The molecule has 0 heterocycles. The Bertz CT molecular complexity index is 720. The number of aryl methyl sites for hydroxylation is 1. The number of halogens is 2. The molecule has 2 aromatic rings. The van der Waals surface area contributed by atoms with Gasteiger partial charge in [0.05, 0.1) is 19.5 Å². The van der Waals surface area contributed by atoms with Crippen LogP contribution in [0.1, 0.15) is 5.56 Å². The van der Waals surface area contributed by atoms with E-state index < -0.39 is 10.0 Å². The normalized spacial score (nSPS) is 11.3. The fourth-order valence-electron chi connectivity index (χ4n) is 1.56. The molecule has 0 radical (unpaired) electrons. The maximum Gasteiger partial charge on any atom is 0.261 e. The highest BCUT2D eigenvalue weighted by molar-refractivity contribution is 9.11. The summed E-state index contributed by atoms with van der Waals surface area (Å²) >= 11 is 6.31. The van der Waals surface area contributed by atoms with E-state index in [-0.39, 0.29) is 10.6 Å². The number of phenolic OH excluding ortho intramolecular Hbond substituents is 1. The Morgan fingerprint density at radius 2 is 1.55 bits per heavy atom. The van der Waals surface area contributed by atoms with Crippen LogP contribution in [0.3, 0.4) is 0 Å². The van der Waals surface area contributed by atoms with Gasteiger partial charge >= 0.3 is 0 Å². The van der Waals surface area contributed by atoms with Crippen molar-refractivity contribution in [3.8, 4) is 5.75 Å². The predicted molar refractivity (Wildman–Crippen MR) is 85.5 cm³/mol. The Labute approximate surface area is 134 Å². The summed E-state index contributed by atoms with van der Waals surface area (Å²) in [5.41, 5.74) is 1.33. The summed E-state index contributed by atoms with van der Waals surface area (Å²) in [7, 11) is -3.65. The predicted octanol–water partition coefficient (Wildman–Crippen LogP) is 4.03. The first kappa shape index (κ1) is 15.3. The van der Waals surface area contributed by atoms with Crippen molar-refractivity contribution in [2.45, 2.75) is 11.8 Å². The third-order valence-electron chi connectivity index (χ3n) is 2.60. The van der Waals surface area contributed by atoms with E-state index in [0.717, 1.165) is 5.56 Å². The average molecular weight is 421 g/mol. The van der Waals surface area contributed by atoms with Crippen molar-refractivity contribution < 1.29 is 13.5 Å². The summed E-state index contributed by atoms with van der Waals surface area (Å²) < 4.78 is 27.7. The molecule has 0 atom stereocenters. The maximum absolute atomic E-state index is 12.2. The maximum atomic E-state index is 12.2. The monoisotopic (exact) mass is 419 g/mol. The molecule has 4 nitrogen and oxygen atoms in total. The van der Waals surface area contributed by atoms with E-state index in [9.17, 15) is 13.5 Å². The van der Waals surface area contributed by atoms with Gasteiger partial charge in [0.15, 0.2) is 0 Å². The van der Waals surface area contributed by atoms with Gasteiger partial charge in [-0.05, 0) is 63.0 Å². The summed E-state index contributed by atoms with van der Waals surface area (Å²) in [6.45, 7) is 1.89. The minimum absolute atomic E-state index is 0.0169. The summed E-state index contributed by atoms with van der Waals surface area (Å²) in [5, 5.41) is 9.61. The molecule has 20 heavy (non-hydrogen) atoms. The molecule has 0 bridgehead atoms. The van der Waals surface area contributed by atoms with Gasteiger partial charge in [0.1, 0.15) is 5.75 Å². The fourth-order valence-corrected chi connectivity index (χ4v) is 3.78. The van der Waals surface area contributed by atoms with Crippen LogP contribution in [0.2, 0.25) is 0 Å². The second kappa shape index (κ2) is 5.75. The van der Waals surface area contributed by atoms with E-state index in [1.165, 1.54) is 12.1 Å². The Hall–Kier alpha value is -1.05. The standard InChI is InChI=1S/C13H11Br2NO3S/c1-8-2-4-10(5-3-8)20(18,19)16-9-6-11(14)13(17)12(15)7-9/h2-7,16-17H,1H3. The lowest BCUT2D eigenvalue weighted by Crippen LogP contribution is -2.12. The minimum atomic E-state index is -3.65. The molecule has 0 spiro atoms. The number of rotatable bonds is 3. The molecule has 0 aromatic heterocycles. The first-order valence-electron chi connectivity index (χ1n) is 5.57. The molecule has 7 heteroatoms. The van der Waals surface area contributed by atoms with Crippen molar-refractivity contribution in [1.29, 1.82) is 0 Å². The third kappa shape index (κ3) is 3.34. The number of benzene rings is 2. The number of hydrogen-bond acceptors (Lipinski definition) is 3. The molecule has 0 unspecified atom stereocenters. The smallest absolute Gasteiger partial charge is 0.261 e. The lowest BCUT2D eigenvalue weighted by molar-refractivity contribution is 0.468. The molecule has 0 aliphatic heterocycles. The van der Waals surface area contributed by atoms with E-state index in [1.54, 1.807) is 24.3 Å². The van der Waals surface area contributed by atoms with Gasteiger partial charge in [-0.3, -0.25) is 4.72 Å². The number of hydrogen-bond donors (Lipinski definition) is 2. The molecule has 0 saturated carbocycles. The van der Waals surface area contributed by atoms with Crippen LogP contribution >= 0.6 is 31.9 Å². The van der Waals surface area contributed by atoms with Crippen molar-refractivity contribution in [3.63, 3.8) is 0 Å². The largest absolute Gasteiger partial charge is 0.506 e. The first-order chi connectivity index (χ1) is 9.29. The third-order valence-corrected chi connectivity index (χ3v) is 5.21. The fraction of sp³-hybridized carbons (Fsp3) is 0.0769. The van der Waals surface area contributed by atoms with Gasteiger partial charge in [-0.25, -0.2) is 8.42 Å². The van der Waals surface area contributed by atoms with Crippen LogP contribution in [0.4, 0.5) is 5.69 Å². The van der Waals surface area contributed by atoms with Crippen molar-refractivity contribution in [2.75, 3.05) is 4.72 Å². The van der Waals surface area contributed by atoms with Gasteiger partial charge in [0.2, 0.25) is 0 Å². The molecule has 2 rings (SSSR count). The molecule has 2 N–H and O–H groups in total. The lowest BCUT2D eigenvalue weighted by Gasteiger charge is -2.10. The zero-order chi connectivity index (χ0) is 14.9. The van der Waals surface area contributed by atoms with Gasteiger partial charge in [0, 0.05) is 0 Å². The van der Waals surface area contributed by atoms with Crippen molar-refractivity contribution >= 4 is 47.6 Å². The Morgan fingerprint density at radius 3 is 2.05 bits per heavy atom. The number of anilines is 1. The molecular weight excluding hydrogens is 410 g/mol. The Kier molecular flexibility index (Phi) is 4.41. The van der Waals surface area contributed by atoms with Crippen LogP contribution in [0.15, 0.2) is 50.2 Å². The van der Waals surface area contributed by atoms with Gasteiger partial charge in [-0.2, -0.15) is 0 Å². The van der Waals surface area contributed by atoms with Crippen LogP contribution in [0.5, 0.6) is 5.75 Å². The van der Waals surface area contributed by atoms with E-state index in [0.29, 0.717) is 14.6 Å². The van der Waals surface area contributed by atoms with Crippen LogP contribution in [-0.4, -0.2) is 13.5 Å². The molecule has 0 aliphatic carbocycles. The summed E-state index contributed by atoms with van der Waals surface area (Å²) in [6, 6.07) is 9.54. The topological polar surface area (TPSA) is 66.4 Å². The van der Waals surface area contributed by atoms with Crippen LogP contribution in [0.25, 0.3) is 0 Å². The lowest BCUT2D eigenvalue weighted by atomic mass is 10.2. The summed E-state index contributed by atoms with van der Waals surface area (Å²) in [6.07, 6.45) is 0. The highest BCUT2D eigenvalue weighted by atomic mass is 79.9. The van der Waals surface area contributed by atoms with E-state index in [1.807, 2.05) is 6.92 Å². The Morgan fingerprint density at radius 1 is 1.05 bits per heavy atom. The second-order valence-electron chi connectivity index (χ2n) is 4.21. The van der Waals surface area contributed by atoms with Crippen molar-refractivity contribution in [2.24, 2.45) is 0 Å². The average Bonchev–Trinajstić information content (AvgIpc) is 2.36. The van der Waals surface area contributed by atoms with E-state index in [4.69, 9.17) is 0 Å². The van der Waals surface area contributed by atoms with Gasteiger partial charge in [-0.15, -0.1) is 0 Å². The molecule has 0 saturated heterocycles. The zero-order valence-corrected chi connectivity index (χ0v) is 14.4. The molecular formula is C13H11Br2NO3S. The molecule has 106 valence electrons. The number of aromatic hydroxyl groups is 1. The highest BCUT2D eigenvalue weighted by Gasteiger charge is 2.15. The Balaban J connectivity index is 2.36. The van der Waals surface area contributed by atoms with Crippen LogP contribution in [-0.2, 0) is 10.0 Å². The SMILES string of the molecule is Cc1ccc(S(=O)(=O)Nc2cc(Br)c(O)c(Br)c2)cc1. The van der Waals surface area contributed by atoms with Gasteiger partial charge in [0.25, 0.3) is 10.0 Å². The summed E-state index contributed by atoms with van der Waals surface area (Å²) in [5.74, 6) is 0.0169. The van der Waals surface area contributed by atoms with Crippen LogP contribution < -0.4 is 4.72 Å². The number of phenols is 1. The molecule has 0 amide bonds. The second-order valence-corrected chi connectivity index (χ2v) is 7.60. The van der Waals surface area contributed by atoms with E-state index >= 15 is 0 Å². The number of sulfonamides is 1. The van der Waals surface area contributed by atoms with Gasteiger partial charge < -0.3 is 5.11 Å². The van der Waals surface area contributed by atoms with Crippen LogP contribution in [0, 0.1) is 6.92 Å². The van der Waals surface area contributed by atoms with Crippen molar-refractivity contribution in [1.82, 2.24) is 0 Å². The summed E-state index contributed by atoms with van der Waals surface area (Å²) in [4.78, 5) is 0.184. The number of nitrogens with one attached hydrogen (secondary N) is 1. The van der Waals surface area contributed by atoms with Gasteiger partial charge in [-0.1, -0.05) is 17.7 Å². The van der Waals surface area contributed by atoms with E-state index in [2.05, 4.69) is 36.6 Å². The highest BCUT2D eigenvalue weighted by Crippen LogP contribution is 2.35. The zero-order valence-electron chi connectivity index (χ0n) is 10.4. The molecule has 2 aromatic carbocycles.